The van der Waals surface area contributed by atoms with E-state index in [0.717, 1.165) is 0 Å². The van der Waals surface area contributed by atoms with Crippen LogP contribution in [0.4, 0.5) is 4.79 Å². The number of hydrogen-bond donors (Lipinski definition) is 2. The molecule has 0 aromatic heterocycles. The van der Waals surface area contributed by atoms with E-state index < -0.39 is 0 Å². The largest absolute Gasteiger partial charge is 0.341 e. The first-order valence-corrected chi connectivity index (χ1v) is 2.91. The summed E-state index contributed by atoms with van der Waals surface area (Å²) in [6, 6.07) is -0.157. The van der Waals surface area contributed by atoms with Gasteiger partial charge in [0.1, 0.15) is 5.78 Å². The Labute approximate surface area is 61.0 Å². The first-order valence-electron chi connectivity index (χ1n) is 2.91. The number of amides is 2. The monoisotopic (exact) mass is 146 g/mol. The lowest BCUT2D eigenvalue weighted by molar-refractivity contribution is -0.114. The van der Waals surface area contributed by atoms with E-state index in [1.165, 1.54) is 13.8 Å². The van der Waals surface area contributed by atoms with Crippen LogP contribution in [0, 0.1) is 0 Å². The van der Waals surface area contributed by atoms with Crippen molar-refractivity contribution in [2.75, 3.05) is 14.1 Å². The molecule has 0 saturated heterocycles. The van der Waals surface area contributed by atoms with Crippen molar-refractivity contribution in [2.45, 2.75) is 13.8 Å². The van der Waals surface area contributed by atoms with Gasteiger partial charge in [0, 0.05) is 14.1 Å². The van der Waals surface area contributed by atoms with Gasteiger partial charge >= 0.3 is 6.03 Å². The lowest BCUT2D eigenvalue weighted by Gasteiger charge is -1.91. The predicted octanol–water partition coefficient (Wildman–Crippen LogP) is 0.140. The fourth-order valence-corrected chi connectivity index (χ4v) is 0.125. The fourth-order valence-electron chi connectivity index (χ4n) is 0.125. The van der Waals surface area contributed by atoms with Crippen LogP contribution in [0.5, 0.6) is 0 Å². The van der Waals surface area contributed by atoms with Crippen LogP contribution in [0.2, 0.25) is 0 Å². The van der Waals surface area contributed by atoms with Crippen LogP contribution in [0.1, 0.15) is 13.8 Å². The summed E-state index contributed by atoms with van der Waals surface area (Å²) in [5.41, 5.74) is 0. The smallest absolute Gasteiger partial charge is 0.314 e. The van der Waals surface area contributed by atoms with Crippen molar-refractivity contribution in [1.82, 2.24) is 10.6 Å². The quantitative estimate of drug-likeness (QED) is 0.510. The molecular formula is C6H14N2O2. The summed E-state index contributed by atoms with van der Waals surface area (Å²) in [6.07, 6.45) is 0. The predicted molar refractivity (Wildman–Crippen MR) is 39.9 cm³/mol. The molecule has 0 fully saturated rings. The molecule has 60 valence electrons. The number of Topliss-reactive ketones (excluding diaryl/α,β-unsaturated/α-hetero) is 1. The number of carbonyl (C=O) groups excluding carboxylic acids is 2. The van der Waals surface area contributed by atoms with Crippen molar-refractivity contribution in [1.29, 1.82) is 0 Å². The molecule has 0 aromatic rings. The highest BCUT2D eigenvalue weighted by Gasteiger charge is 1.81. The third-order valence-electron chi connectivity index (χ3n) is 0.454. The van der Waals surface area contributed by atoms with Crippen LogP contribution in [0.15, 0.2) is 0 Å². The highest BCUT2D eigenvalue weighted by molar-refractivity contribution is 5.72. The number of rotatable bonds is 0. The van der Waals surface area contributed by atoms with Gasteiger partial charge < -0.3 is 15.4 Å². The van der Waals surface area contributed by atoms with Crippen LogP contribution >= 0.6 is 0 Å². The second kappa shape index (κ2) is 7.94. The maximum Gasteiger partial charge on any atom is 0.314 e. The Morgan fingerprint density at radius 3 is 1.20 bits per heavy atom. The van der Waals surface area contributed by atoms with Crippen LogP contribution in [-0.2, 0) is 4.79 Å². The second-order valence-corrected chi connectivity index (χ2v) is 1.74. The number of nitrogens with one attached hydrogen (secondary N) is 2. The van der Waals surface area contributed by atoms with Crippen molar-refractivity contribution in [3.05, 3.63) is 0 Å². The zero-order valence-corrected chi connectivity index (χ0v) is 6.82. The molecule has 0 rings (SSSR count). The van der Waals surface area contributed by atoms with Crippen molar-refractivity contribution in [2.24, 2.45) is 0 Å². The summed E-state index contributed by atoms with van der Waals surface area (Å²) in [7, 11) is 3.14. The number of ketones is 1. The van der Waals surface area contributed by atoms with E-state index in [1.54, 1.807) is 14.1 Å². The van der Waals surface area contributed by atoms with E-state index in [9.17, 15) is 9.59 Å². The summed E-state index contributed by atoms with van der Waals surface area (Å²) in [4.78, 5) is 19.4. The van der Waals surface area contributed by atoms with Crippen molar-refractivity contribution >= 4 is 11.8 Å². The van der Waals surface area contributed by atoms with Crippen molar-refractivity contribution in [3.63, 3.8) is 0 Å². The summed E-state index contributed by atoms with van der Waals surface area (Å²) >= 11 is 0. The van der Waals surface area contributed by atoms with Gasteiger partial charge in [0.2, 0.25) is 0 Å². The standard InChI is InChI=1S/C3H8N2O.C3H6O/c1-4-3(6)5-2;1-3(2)4/h1-2H3,(H2,4,5,6);1-2H3. The topological polar surface area (TPSA) is 58.2 Å². The molecule has 0 radical (unpaired) electrons. The molecule has 0 saturated carbocycles. The molecule has 0 aliphatic heterocycles. The number of urea groups is 1. The third-order valence-corrected chi connectivity index (χ3v) is 0.454. The zero-order valence-electron chi connectivity index (χ0n) is 6.82. The molecule has 10 heavy (non-hydrogen) atoms. The van der Waals surface area contributed by atoms with E-state index in [2.05, 4.69) is 10.6 Å². The van der Waals surface area contributed by atoms with Crippen LogP contribution < -0.4 is 10.6 Å². The van der Waals surface area contributed by atoms with Crippen molar-refractivity contribution < 1.29 is 9.59 Å². The molecule has 4 heteroatoms. The minimum atomic E-state index is -0.157. The summed E-state index contributed by atoms with van der Waals surface area (Å²) in [6.45, 7) is 3.06. The number of hydrogen-bond acceptors (Lipinski definition) is 2. The molecule has 0 aromatic carbocycles. The van der Waals surface area contributed by atoms with Crippen LogP contribution in [0.25, 0.3) is 0 Å². The fraction of sp³-hybridized carbons (Fsp3) is 0.667. The summed E-state index contributed by atoms with van der Waals surface area (Å²) < 4.78 is 0. The molecule has 0 spiro atoms. The molecule has 0 atom stereocenters. The number of carbonyl (C=O) groups is 2. The van der Waals surface area contributed by atoms with Gasteiger partial charge in [-0.2, -0.15) is 0 Å². The molecular weight excluding hydrogens is 132 g/mol. The van der Waals surface area contributed by atoms with Crippen LogP contribution in [0.3, 0.4) is 0 Å². The molecule has 0 unspecified atom stereocenters. The molecule has 4 nitrogen and oxygen atoms in total. The maximum absolute atomic E-state index is 9.96. The van der Waals surface area contributed by atoms with Crippen LogP contribution in [-0.4, -0.2) is 25.9 Å². The van der Waals surface area contributed by atoms with E-state index in [1.807, 2.05) is 0 Å². The molecule has 0 aliphatic carbocycles. The molecule has 2 amide bonds. The lowest BCUT2D eigenvalue weighted by atomic mass is 10.6. The van der Waals surface area contributed by atoms with E-state index in [0.29, 0.717) is 0 Å². The van der Waals surface area contributed by atoms with Crippen molar-refractivity contribution in [3.8, 4) is 0 Å². The third kappa shape index (κ3) is 28.3. The molecule has 0 aliphatic rings. The Kier molecular flexibility index (Phi) is 9.29. The molecule has 0 heterocycles. The van der Waals surface area contributed by atoms with Gasteiger partial charge in [-0.1, -0.05) is 0 Å². The Morgan fingerprint density at radius 2 is 1.20 bits per heavy atom. The second-order valence-electron chi connectivity index (χ2n) is 1.74. The Balaban J connectivity index is 0. The Morgan fingerprint density at radius 1 is 1.00 bits per heavy atom. The first-order chi connectivity index (χ1) is 4.54. The average Bonchev–Trinajstić information content (AvgIpc) is 1.85. The highest BCUT2D eigenvalue weighted by Crippen LogP contribution is 1.50. The first kappa shape index (κ1) is 11.7. The SMILES string of the molecule is CC(C)=O.CNC(=O)NC. The maximum atomic E-state index is 9.96. The van der Waals surface area contributed by atoms with Gasteiger partial charge in [0.05, 0.1) is 0 Å². The van der Waals surface area contributed by atoms with Gasteiger partial charge in [-0.15, -0.1) is 0 Å². The normalized spacial score (nSPS) is 6.80. The van der Waals surface area contributed by atoms with Gasteiger partial charge in [-0.25, -0.2) is 4.79 Å². The minimum Gasteiger partial charge on any atom is -0.341 e. The van der Waals surface area contributed by atoms with E-state index in [4.69, 9.17) is 0 Å². The highest BCUT2D eigenvalue weighted by atomic mass is 16.2. The summed E-state index contributed by atoms with van der Waals surface area (Å²) in [5, 5.41) is 4.73. The van der Waals surface area contributed by atoms with Gasteiger partial charge in [-0.3, -0.25) is 0 Å². The van der Waals surface area contributed by atoms with Gasteiger partial charge in [0.25, 0.3) is 0 Å². The Bertz CT molecular complexity index is 102. The van der Waals surface area contributed by atoms with Gasteiger partial charge in [-0.05, 0) is 13.8 Å². The zero-order chi connectivity index (χ0) is 8.57. The van der Waals surface area contributed by atoms with Gasteiger partial charge in [0.15, 0.2) is 0 Å². The molecule has 0 bridgehead atoms. The lowest BCUT2D eigenvalue weighted by Crippen LogP contribution is -2.28. The molecule has 2 N–H and O–H groups in total. The van der Waals surface area contributed by atoms with E-state index in [-0.39, 0.29) is 11.8 Å². The average molecular weight is 146 g/mol. The Hall–Kier alpha value is -1.06. The van der Waals surface area contributed by atoms with E-state index >= 15 is 0 Å². The summed E-state index contributed by atoms with van der Waals surface area (Å²) in [5.74, 6) is 0.167. The minimum absolute atomic E-state index is 0.157.